The highest BCUT2D eigenvalue weighted by molar-refractivity contribution is 7.14. The fourth-order valence-corrected chi connectivity index (χ4v) is 2.70. The molecular formula is C15H21N3S. The maximum Gasteiger partial charge on any atom is 0.147 e. The van der Waals surface area contributed by atoms with Gasteiger partial charge in [0.15, 0.2) is 0 Å². The molecule has 1 aromatic carbocycles. The zero-order chi connectivity index (χ0) is 13.7. The lowest BCUT2D eigenvalue weighted by molar-refractivity contribution is 0.710. The van der Waals surface area contributed by atoms with Gasteiger partial charge < -0.3 is 5.32 Å². The van der Waals surface area contributed by atoms with E-state index < -0.39 is 0 Å². The lowest BCUT2D eigenvalue weighted by Gasteiger charge is -2.04. The topological polar surface area (TPSA) is 37.8 Å². The maximum atomic E-state index is 4.28. The summed E-state index contributed by atoms with van der Waals surface area (Å²) >= 11 is 1.69. The second-order valence-corrected chi connectivity index (χ2v) is 5.94. The third-order valence-corrected chi connectivity index (χ3v) is 4.09. The van der Waals surface area contributed by atoms with Crippen molar-refractivity contribution < 1.29 is 0 Å². The molecule has 0 aliphatic carbocycles. The molecule has 0 bridgehead atoms. The average molecular weight is 275 g/mol. The second-order valence-electron chi connectivity index (χ2n) is 4.88. The summed E-state index contributed by atoms with van der Waals surface area (Å²) in [5.41, 5.74) is 2.53. The van der Waals surface area contributed by atoms with E-state index in [-0.39, 0.29) is 0 Å². The van der Waals surface area contributed by atoms with Gasteiger partial charge in [-0.25, -0.2) is 0 Å². The summed E-state index contributed by atoms with van der Waals surface area (Å²) < 4.78 is 0. The van der Waals surface area contributed by atoms with Crippen molar-refractivity contribution in [1.29, 1.82) is 0 Å². The van der Waals surface area contributed by atoms with Crippen molar-refractivity contribution in [3.63, 3.8) is 0 Å². The molecule has 3 nitrogen and oxygen atoms in total. The highest BCUT2D eigenvalue weighted by Crippen LogP contribution is 2.25. The Morgan fingerprint density at radius 3 is 2.53 bits per heavy atom. The van der Waals surface area contributed by atoms with Crippen molar-refractivity contribution in [3.05, 3.63) is 34.8 Å². The maximum absolute atomic E-state index is 4.28. The van der Waals surface area contributed by atoms with E-state index in [1.54, 1.807) is 11.3 Å². The molecule has 1 aromatic heterocycles. The van der Waals surface area contributed by atoms with Crippen LogP contribution in [-0.4, -0.2) is 23.3 Å². The first-order chi connectivity index (χ1) is 9.20. The third kappa shape index (κ3) is 3.85. The fraction of sp³-hybridized carbons (Fsp3) is 0.467. The molecule has 0 spiro atoms. The van der Waals surface area contributed by atoms with Crippen molar-refractivity contribution in [3.8, 4) is 10.6 Å². The van der Waals surface area contributed by atoms with Crippen molar-refractivity contribution in [2.24, 2.45) is 0 Å². The van der Waals surface area contributed by atoms with Crippen LogP contribution in [0.1, 0.15) is 37.3 Å². The molecule has 2 rings (SSSR count). The van der Waals surface area contributed by atoms with Crippen LogP contribution >= 0.6 is 11.3 Å². The smallest absolute Gasteiger partial charge is 0.147 e. The highest BCUT2D eigenvalue weighted by atomic mass is 32.1. The number of hydrogen-bond acceptors (Lipinski definition) is 4. The highest BCUT2D eigenvalue weighted by Gasteiger charge is 2.07. The van der Waals surface area contributed by atoms with Gasteiger partial charge in [0.1, 0.15) is 10.0 Å². The van der Waals surface area contributed by atoms with Gasteiger partial charge in [0.25, 0.3) is 0 Å². The van der Waals surface area contributed by atoms with E-state index in [9.17, 15) is 0 Å². The Labute approximate surface area is 119 Å². The van der Waals surface area contributed by atoms with Gasteiger partial charge in [-0.1, -0.05) is 56.4 Å². The Hall–Kier alpha value is -1.26. The van der Waals surface area contributed by atoms with Crippen LogP contribution in [0, 0.1) is 0 Å². The first-order valence-corrected chi connectivity index (χ1v) is 7.65. The molecule has 0 unspecified atom stereocenters. The molecule has 0 saturated heterocycles. The van der Waals surface area contributed by atoms with Crippen LogP contribution in [0.2, 0.25) is 0 Å². The number of benzene rings is 1. The van der Waals surface area contributed by atoms with Gasteiger partial charge in [-0.15, -0.1) is 10.2 Å². The first-order valence-electron chi connectivity index (χ1n) is 6.84. The minimum absolute atomic E-state index is 0.569. The molecule has 0 radical (unpaired) electrons. The molecule has 0 amide bonds. The van der Waals surface area contributed by atoms with Gasteiger partial charge in [-0.3, -0.25) is 0 Å². The van der Waals surface area contributed by atoms with Crippen molar-refractivity contribution in [2.45, 2.75) is 33.1 Å². The van der Waals surface area contributed by atoms with Crippen LogP contribution in [0.25, 0.3) is 10.6 Å². The van der Waals surface area contributed by atoms with E-state index in [1.165, 1.54) is 5.56 Å². The number of rotatable bonds is 6. The molecule has 1 heterocycles. The van der Waals surface area contributed by atoms with Crippen molar-refractivity contribution >= 4 is 11.3 Å². The normalized spacial score (nSPS) is 11.2. The molecule has 1 N–H and O–H groups in total. The van der Waals surface area contributed by atoms with Crippen LogP contribution in [0.15, 0.2) is 24.3 Å². The van der Waals surface area contributed by atoms with E-state index in [0.29, 0.717) is 5.92 Å². The van der Waals surface area contributed by atoms with Gasteiger partial charge in [-0.05, 0) is 18.0 Å². The number of likely N-dealkylation sites (N-methyl/N-ethyl adjacent to an activating group) is 1. The molecule has 0 fully saturated rings. The summed E-state index contributed by atoms with van der Waals surface area (Å²) in [6.07, 6.45) is 0.954. The molecule has 0 atom stereocenters. The van der Waals surface area contributed by atoms with Gasteiger partial charge in [-0.2, -0.15) is 0 Å². The average Bonchev–Trinajstić information content (AvgIpc) is 2.88. The minimum Gasteiger partial charge on any atom is -0.317 e. The Morgan fingerprint density at radius 1 is 1.16 bits per heavy atom. The summed E-state index contributed by atoms with van der Waals surface area (Å²) in [4.78, 5) is 0. The Balaban J connectivity index is 2.05. The van der Waals surface area contributed by atoms with Crippen molar-refractivity contribution in [2.75, 3.05) is 13.1 Å². The predicted octanol–water partition coefficient (Wildman–Crippen LogP) is 3.48. The molecule has 102 valence electrons. The zero-order valence-electron chi connectivity index (χ0n) is 11.8. The van der Waals surface area contributed by atoms with Gasteiger partial charge in [0, 0.05) is 18.5 Å². The molecule has 4 heteroatoms. The summed E-state index contributed by atoms with van der Waals surface area (Å²) in [6, 6.07) is 8.65. The minimum atomic E-state index is 0.569. The summed E-state index contributed by atoms with van der Waals surface area (Å²) in [5.74, 6) is 0.569. The Morgan fingerprint density at radius 2 is 1.89 bits per heavy atom. The third-order valence-electron chi connectivity index (χ3n) is 3.06. The van der Waals surface area contributed by atoms with E-state index in [2.05, 4.69) is 60.6 Å². The quantitative estimate of drug-likeness (QED) is 0.820. The number of hydrogen-bond donors (Lipinski definition) is 1. The molecule has 19 heavy (non-hydrogen) atoms. The van der Waals surface area contributed by atoms with E-state index in [1.807, 2.05) is 0 Å². The van der Waals surface area contributed by atoms with E-state index in [0.717, 1.165) is 35.1 Å². The van der Waals surface area contributed by atoms with E-state index in [4.69, 9.17) is 0 Å². The second kappa shape index (κ2) is 6.78. The number of nitrogens with one attached hydrogen (secondary N) is 1. The molecule has 2 aromatic rings. The molecule has 0 aliphatic heterocycles. The van der Waals surface area contributed by atoms with E-state index >= 15 is 0 Å². The van der Waals surface area contributed by atoms with Crippen LogP contribution in [0.5, 0.6) is 0 Å². The predicted molar refractivity (Wildman–Crippen MR) is 81.7 cm³/mol. The monoisotopic (exact) mass is 275 g/mol. The van der Waals surface area contributed by atoms with Gasteiger partial charge in [0.05, 0.1) is 0 Å². The number of nitrogens with zero attached hydrogens (tertiary/aromatic N) is 2. The van der Waals surface area contributed by atoms with Crippen LogP contribution in [0.4, 0.5) is 0 Å². The lowest BCUT2D eigenvalue weighted by Crippen LogP contribution is -2.15. The zero-order valence-corrected chi connectivity index (χ0v) is 12.6. The summed E-state index contributed by atoms with van der Waals surface area (Å²) in [6.45, 7) is 8.50. The molecule has 0 aliphatic rings. The number of aromatic nitrogens is 2. The van der Waals surface area contributed by atoms with Crippen molar-refractivity contribution in [1.82, 2.24) is 15.5 Å². The Kier molecular flexibility index (Phi) is 5.05. The van der Waals surface area contributed by atoms with Crippen LogP contribution in [-0.2, 0) is 6.42 Å². The summed E-state index contributed by atoms with van der Waals surface area (Å²) in [7, 11) is 0. The first kappa shape index (κ1) is 14.2. The molecule has 0 saturated carbocycles. The van der Waals surface area contributed by atoms with Crippen LogP contribution < -0.4 is 5.32 Å². The van der Waals surface area contributed by atoms with Crippen LogP contribution in [0.3, 0.4) is 0 Å². The standard InChI is InChI=1S/C15H21N3S/c1-4-16-10-9-14-17-18-15(19-14)13-7-5-12(6-8-13)11(2)3/h5-8,11,16H,4,9-10H2,1-3H3. The lowest BCUT2D eigenvalue weighted by atomic mass is 10.0. The van der Waals surface area contributed by atoms with Gasteiger partial charge >= 0.3 is 0 Å². The summed E-state index contributed by atoms with van der Waals surface area (Å²) in [5, 5.41) is 14.0. The Bertz CT molecular complexity index is 502. The molecular weight excluding hydrogens is 254 g/mol. The SMILES string of the molecule is CCNCCc1nnc(-c2ccc(C(C)C)cc2)s1. The fourth-order valence-electron chi connectivity index (χ4n) is 1.85. The largest absolute Gasteiger partial charge is 0.317 e. The van der Waals surface area contributed by atoms with Gasteiger partial charge in [0.2, 0.25) is 0 Å².